The van der Waals surface area contributed by atoms with Crippen molar-refractivity contribution in [2.45, 2.75) is 107 Å². The van der Waals surface area contributed by atoms with E-state index in [9.17, 15) is 40.3 Å². The standard InChI is InChI=1S/C58H66ClN5O10S2.K/c1-8-62-50-30-27-43(75(68,69)70)36-47(50)57(3,4)52(62)19-13-10-9-11-14-20-53-58(5,6)48-37-44(76(71,72)73)28-31-51(48)63(53)34-18-12-15-21-54(65)60-32-16-17-33-61-55(66)38-45-39(2)64(49-29-26-42(74-7)35-46(45)49)56(67)40-22-24-41(59)25-23-40;/h9-11,13-14,19-20,22-31,35-37H,8,12,15-18,21,32-34,38H2,1-7H3,(H3-,60,61,65,66,68,69,70,71,72,73);/q;+1/p-1. The SMILES string of the molecule is CCN1/C(=C/C=C/C=C/C=C/C2=[N+](CCCCCC(=O)NCCCCNC(=O)Cc3c(C)n(C(=O)c4ccc(Cl)cc4)c4ccc(OC)cc34)c3ccc(S(=O)(=O)[O-])cc3C2(C)C)C(C)(C)c2cc(S(=O)(=O)[O-])ccc21.[K+]. The molecule has 2 amide bonds. The fraction of sp³-hybridized carbons (Fsp3) is 0.345. The number of benzene rings is 4. The van der Waals surface area contributed by atoms with Crippen LogP contribution < -0.4 is 71.7 Å². The van der Waals surface area contributed by atoms with Crippen molar-refractivity contribution in [1.82, 2.24) is 15.2 Å². The first-order valence-electron chi connectivity index (χ1n) is 25.4. The van der Waals surface area contributed by atoms with Gasteiger partial charge in [-0.15, -0.1) is 0 Å². The molecule has 0 atom stereocenters. The molecule has 1 aromatic heterocycles. The first-order valence-corrected chi connectivity index (χ1v) is 28.6. The monoisotopic (exact) mass is 1130 g/mol. The Morgan fingerprint density at radius 1 is 0.740 bits per heavy atom. The number of hydrogen-bond acceptors (Lipinski definition) is 11. The van der Waals surface area contributed by atoms with E-state index in [1.807, 2.05) is 96.2 Å². The summed E-state index contributed by atoms with van der Waals surface area (Å²) in [5.41, 5.74) is 6.36. The zero-order chi connectivity index (χ0) is 55.2. The van der Waals surface area contributed by atoms with Gasteiger partial charge in [-0.2, -0.15) is 4.58 Å². The van der Waals surface area contributed by atoms with Crippen molar-refractivity contribution in [2.75, 3.05) is 38.2 Å². The van der Waals surface area contributed by atoms with Crippen molar-refractivity contribution >= 4 is 77.5 Å². The van der Waals surface area contributed by atoms with Crippen molar-refractivity contribution in [1.29, 1.82) is 0 Å². The second-order valence-corrected chi connectivity index (χ2v) is 23.2. The molecule has 15 nitrogen and oxygen atoms in total. The Morgan fingerprint density at radius 2 is 1.36 bits per heavy atom. The van der Waals surface area contributed by atoms with Crippen LogP contribution in [0, 0.1) is 6.92 Å². The van der Waals surface area contributed by atoms with E-state index in [0.29, 0.717) is 79.4 Å². The molecule has 0 radical (unpaired) electrons. The van der Waals surface area contributed by atoms with Crippen molar-refractivity contribution in [3.05, 3.63) is 160 Å². The molecule has 0 saturated carbocycles. The zero-order valence-electron chi connectivity index (χ0n) is 44.9. The Hall–Kier alpha value is -4.99. The number of aromatic nitrogens is 1. The molecule has 0 spiro atoms. The number of carbonyl (C=O) groups is 3. The number of unbranched alkanes of at least 4 members (excludes halogenated alkanes) is 3. The second-order valence-electron chi connectivity index (χ2n) is 20.0. The van der Waals surface area contributed by atoms with Crippen LogP contribution in [0.4, 0.5) is 11.4 Å². The number of allylic oxidation sites excluding steroid dienone is 8. The Bertz CT molecular complexity index is 3450. The summed E-state index contributed by atoms with van der Waals surface area (Å²) < 4.78 is 80.8. The molecule has 4 aromatic carbocycles. The molecule has 2 N–H and O–H groups in total. The number of carbonyl (C=O) groups excluding carboxylic acids is 3. The molecule has 2 aliphatic heterocycles. The number of likely N-dealkylation sites (N-methyl/N-ethyl adjacent to an activating group) is 1. The minimum atomic E-state index is -4.69. The topological polar surface area (TPSA) is 210 Å². The summed E-state index contributed by atoms with van der Waals surface area (Å²) in [7, 11) is -7.73. The Morgan fingerprint density at radius 3 is 2.01 bits per heavy atom. The van der Waals surface area contributed by atoms with Crippen LogP contribution in [0.1, 0.15) is 106 Å². The van der Waals surface area contributed by atoms with Gasteiger partial charge in [0.2, 0.25) is 17.5 Å². The average molecular weight is 1130 g/mol. The van der Waals surface area contributed by atoms with E-state index in [1.54, 1.807) is 54.1 Å². The number of amides is 2. The van der Waals surface area contributed by atoms with Crippen LogP contribution in [0.5, 0.6) is 5.75 Å². The van der Waals surface area contributed by atoms with Gasteiger partial charge in [0.05, 0.1) is 34.3 Å². The van der Waals surface area contributed by atoms with Crippen LogP contribution in [0.15, 0.2) is 137 Å². The van der Waals surface area contributed by atoms with Crippen LogP contribution in [-0.2, 0) is 47.1 Å². The van der Waals surface area contributed by atoms with E-state index in [0.717, 1.165) is 57.7 Å². The maximum atomic E-state index is 13.7. The van der Waals surface area contributed by atoms with Gasteiger partial charge in [0.1, 0.15) is 32.5 Å². The summed E-state index contributed by atoms with van der Waals surface area (Å²) in [5, 5.41) is 7.24. The first kappa shape index (κ1) is 61.2. The van der Waals surface area contributed by atoms with E-state index < -0.39 is 31.1 Å². The predicted octanol–water partition coefficient (Wildman–Crippen LogP) is 6.67. The summed E-state index contributed by atoms with van der Waals surface area (Å²) >= 11 is 6.07. The Kier molecular flexibility index (Phi) is 20.6. The summed E-state index contributed by atoms with van der Waals surface area (Å²) in [5.74, 6) is 0.132. The fourth-order valence-corrected chi connectivity index (χ4v) is 11.4. The number of rotatable bonds is 22. The molecule has 19 heteroatoms. The molecule has 77 heavy (non-hydrogen) atoms. The minimum Gasteiger partial charge on any atom is -0.744 e. The van der Waals surface area contributed by atoms with Crippen LogP contribution in [-0.4, -0.2) is 91.8 Å². The first-order chi connectivity index (χ1) is 36.0. The van der Waals surface area contributed by atoms with Crippen LogP contribution in [0.3, 0.4) is 0 Å². The van der Waals surface area contributed by atoms with E-state index >= 15 is 0 Å². The van der Waals surface area contributed by atoms with Gasteiger partial charge in [-0.25, -0.2) is 16.8 Å². The van der Waals surface area contributed by atoms with Crippen LogP contribution in [0.2, 0.25) is 5.02 Å². The van der Waals surface area contributed by atoms with Gasteiger partial charge in [0.15, 0.2) is 5.71 Å². The third-order valence-electron chi connectivity index (χ3n) is 14.3. The average Bonchev–Trinajstić information content (AvgIpc) is 4.04. The van der Waals surface area contributed by atoms with Gasteiger partial charge in [-0.1, -0.05) is 55.8 Å². The van der Waals surface area contributed by atoms with Gasteiger partial charge in [0.25, 0.3) is 5.91 Å². The molecule has 2 aliphatic rings. The number of methoxy groups -OCH3 is 1. The van der Waals surface area contributed by atoms with Crippen molar-refractivity contribution in [3.63, 3.8) is 0 Å². The molecule has 7 rings (SSSR count). The molecular formula is C58H65ClKN5O10S2. The number of halogens is 1. The normalized spacial score (nSPS) is 15.5. The van der Waals surface area contributed by atoms with E-state index in [1.165, 1.54) is 24.3 Å². The van der Waals surface area contributed by atoms with Crippen molar-refractivity contribution < 1.29 is 101 Å². The Balaban J connectivity index is 0.00000961. The third kappa shape index (κ3) is 14.1. The molecular weight excluding hydrogens is 1070 g/mol. The van der Waals surface area contributed by atoms with E-state index in [-0.39, 0.29) is 85.3 Å². The second kappa shape index (κ2) is 25.9. The van der Waals surface area contributed by atoms with E-state index in [2.05, 4.69) is 20.1 Å². The van der Waals surface area contributed by atoms with Crippen LogP contribution in [0.25, 0.3) is 10.9 Å². The number of ether oxygens (including phenoxy) is 1. The van der Waals surface area contributed by atoms with Gasteiger partial charge in [-0.3, -0.25) is 19.0 Å². The van der Waals surface area contributed by atoms with Gasteiger partial charge >= 0.3 is 51.4 Å². The number of hydrogen-bond donors (Lipinski definition) is 2. The Labute approximate surface area is 500 Å². The van der Waals surface area contributed by atoms with Crippen LogP contribution >= 0.6 is 11.6 Å². The molecule has 0 aliphatic carbocycles. The van der Waals surface area contributed by atoms with Gasteiger partial charge in [-0.05, 0) is 143 Å². The molecule has 402 valence electrons. The number of nitrogens with zero attached hydrogens (tertiary/aromatic N) is 3. The van der Waals surface area contributed by atoms with E-state index in [4.69, 9.17) is 16.3 Å². The molecule has 5 aromatic rings. The van der Waals surface area contributed by atoms with Crippen molar-refractivity contribution in [3.8, 4) is 5.75 Å². The summed E-state index contributed by atoms with van der Waals surface area (Å²) in [6.45, 7) is 13.9. The van der Waals surface area contributed by atoms with Gasteiger partial charge < -0.3 is 29.4 Å². The summed E-state index contributed by atoms with van der Waals surface area (Å²) in [6, 6.07) is 21.1. The summed E-state index contributed by atoms with van der Waals surface area (Å²) in [6.07, 6.45) is 17.3. The molecule has 0 saturated heterocycles. The molecule has 0 unspecified atom stereocenters. The quantitative estimate of drug-likeness (QED) is 0.0246. The smallest absolute Gasteiger partial charge is 0.744 e. The molecule has 0 fully saturated rings. The molecule has 3 heterocycles. The fourth-order valence-electron chi connectivity index (χ4n) is 10.2. The minimum absolute atomic E-state index is 0. The van der Waals surface area contributed by atoms with Crippen molar-refractivity contribution in [2.24, 2.45) is 0 Å². The zero-order valence-corrected chi connectivity index (χ0v) is 50.5. The van der Waals surface area contributed by atoms with Gasteiger partial charge in [0, 0.05) is 88.6 Å². The number of nitrogens with one attached hydrogen (secondary N) is 2. The number of fused-ring (bicyclic) bond motifs is 3. The number of anilines is 1. The maximum absolute atomic E-state index is 13.7. The maximum Gasteiger partial charge on any atom is 1.00 e. The third-order valence-corrected chi connectivity index (χ3v) is 16.2. The largest absolute Gasteiger partial charge is 1.00 e. The summed E-state index contributed by atoms with van der Waals surface area (Å²) in [4.78, 5) is 41.3. The molecule has 0 bridgehead atoms. The predicted molar refractivity (Wildman–Crippen MR) is 295 cm³/mol.